The highest BCUT2D eigenvalue weighted by atomic mass is 35.5. The van der Waals surface area contributed by atoms with E-state index in [0.29, 0.717) is 22.2 Å². The monoisotopic (exact) mass is 665 g/mol. The number of hydrogen-bond acceptors (Lipinski definition) is 4. The number of unbranched alkanes of at least 4 members (excludes halogenated alkanes) is 1. The fraction of sp³-hybridized carbons (Fsp3) is 0.257. The van der Waals surface area contributed by atoms with Crippen molar-refractivity contribution in [3.8, 4) is 0 Å². The summed E-state index contributed by atoms with van der Waals surface area (Å²) in [5.41, 5.74) is 2.50. The van der Waals surface area contributed by atoms with Gasteiger partial charge in [-0.05, 0) is 66.4 Å². The molecule has 1 atom stereocenters. The number of carbonyl (C=O) groups excluding carboxylic acids is 2. The molecule has 4 rings (SSSR count). The summed E-state index contributed by atoms with van der Waals surface area (Å²) in [6.07, 6.45) is 1.91. The number of sulfonamides is 1. The van der Waals surface area contributed by atoms with Gasteiger partial charge in [-0.2, -0.15) is 0 Å². The highest BCUT2D eigenvalue weighted by Gasteiger charge is 2.35. The third-order valence-corrected chi connectivity index (χ3v) is 9.68. The van der Waals surface area contributed by atoms with E-state index >= 15 is 0 Å². The van der Waals surface area contributed by atoms with Crippen molar-refractivity contribution in [3.63, 3.8) is 0 Å². The third kappa shape index (κ3) is 9.10. The first kappa shape index (κ1) is 34.0. The second-order valence-electron chi connectivity index (χ2n) is 10.8. The summed E-state index contributed by atoms with van der Waals surface area (Å²) < 4.78 is 29.4. The van der Waals surface area contributed by atoms with Crippen molar-refractivity contribution in [1.82, 2.24) is 10.2 Å². The maximum Gasteiger partial charge on any atom is 0.264 e. The zero-order valence-corrected chi connectivity index (χ0v) is 27.7. The number of aryl methyl sites for hydroxylation is 1. The topological polar surface area (TPSA) is 86.8 Å². The zero-order chi connectivity index (χ0) is 32.4. The van der Waals surface area contributed by atoms with Crippen LogP contribution in [-0.4, -0.2) is 44.3 Å². The Bertz CT molecular complexity index is 1690. The molecule has 0 aromatic heterocycles. The van der Waals surface area contributed by atoms with Gasteiger partial charge >= 0.3 is 0 Å². The molecule has 2 amide bonds. The molecule has 10 heteroatoms. The molecule has 0 aliphatic rings. The number of hydrogen-bond donors (Lipinski definition) is 1. The Hall–Kier alpha value is -3.85. The van der Waals surface area contributed by atoms with Crippen LogP contribution in [0.1, 0.15) is 36.5 Å². The highest BCUT2D eigenvalue weighted by Crippen LogP contribution is 2.30. The van der Waals surface area contributed by atoms with Crippen LogP contribution >= 0.6 is 23.2 Å². The van der Waals surface area contributed by atoms with Gasteiger partial charge in [-0.3, -0.25) is 13.9 Å². The summed E-state index contributed by atoms with van der Waals surface area (Å²) in [6, 6.07) is 28.4. The summed E-state index contributed by atoms with van der Waals surface area (Å²) in [5, 5.41) is 3.85. The van der Waals surface area contributed by atoms with E-state index in [1.54, 1.807) is 61.5 Å². The minimum absolute atomic E-state index is 0.0274. The lowest BCUT2D eigenvalue weighted by Crippen LogP contribution is -2.53. The van der Waals surface area contributed by atoms with Gasteiger partial charge in [-0.15, -0.1) is 0 Å². The molecule has 0 heterocycles. The molecule has 0 spiro atoms. The molecule has 0 bridgehead atoms. The molecular formula is C35H37Cl2N3O4S. The molecule has 0 saturated heterocycles. The second kappa shape index (κ2) is 15.9. The Morgan fingerprint density at radius 3 is 2.09 bits per heavy atom. The molecule has 0 saturated carbocycles. The smallest absolute Gasteiger partial charge is 0.264 e. The van der Waals surface area contributed by atoms with E-state index < -0.39 is 28.5 Å². The Balaban J connectivity index is 1.81. The van der Waals surface area contributed by atoms with E-state index in [-0.39, 0.29) is 29.5 Å². The summed E-state index contributed by atoms with van der Waals surface area (Å²) in [6.45, 7) is 3.75. The highest BCUT2D eigenvalue weighted by molar-refractivity contribution is 7.92. The number of carbonyl (C=O) groups is 2. The molecule has 45 heavy (non-hydrogen) atoms. The SMILES string of the molecule is CCCCNC(=O)[C@@H](Cc1ccccc1)N(Cc1ccc(Cl)cc1)C(=O)CN(c1cc(Cl)ccc1C)S(=O)(=O)c1ccccc1. The maximum absolute atomic E-state index is 14.5. The number of halogens is 2. The van der Waals surface area contributed by atoms with E-state index in [2.05, 4.69) is 5.32 Å². The van der Waals surface area contributed by atoms with Crippen LogP contribution < -0.4 is 9.62 Å². The third-order valence-electron chi connectivity index (χ3n) is 7.42. The van der Waals surface area contributed by atoms with Crippen molar-refractivity contribution >= 4 is 50.7 Å². The molecule has 236 valence electrons. The summed E-state index contributed by atoms with van der Waals surface area (Å²) in [5.74, 6) is -0.860. The fourth-order valence-electron chi connectivity index (χ4n) is 4.93. The van der Waals surface area contributed by atoms with Gasteiger partial charge in [0.15, 0.2) is 0 Å². The van der Waals surface area contributed by atoms with E-state index in [0.717, 1.165) is 28.3 Å². The average molecular weight is 667 g/mol. The minimum Gasteiger partial charge on any atom is -0.354 e. The lowest BCUT2D eigenvalue weighted by Gasteiger charge is -2.34. The van der Waals surface area contributed by atoms with Crippen molar-refractivity contribution < 1.29 is 18.0 Å². The van der Waals surface area contributed by atoms with Gasteiger partial charge in [0.05, 0.1) is 10.6 Å². The second-order valence-corrected chi connectivity index (χ2v) is 13.5. The minimum atomic E-state index is -4.21. The van der Waals surface area contributed by atoms with Crippen LogP contribution in [-0.2, 0) is 32.6 Å². The predicted octanol–water partition coefficient (Wildman–Crippen LogP) is 7.05. The number of rotatable bonds is 14. The van der Waals surface area contributed by atoms with Gasteiger partial charge in [-0.25, -0.2) is 8.42 Å². The molecular weight excluding hydrogens is 629 g/mol. The van der Waals surface area contributed by atoms with Crippen LogP contribution in [0, 0.1) is 6.92 Å². The van der Waals surface area contributed by atoms with Crippen molar-refractivity contribution in [2.75, 3.05) is 17.4 Å². The number of anilines is 1. The molecule has 0 aliphatic carbocycles. The van der Waals surface area contributed by atoms with Gasteiger partial charge in [0, 0.05) is 29.6 Å². The van der Waals surface area contributed by atoms with Gasteiger partial charge in [0.25, 0.3) is 10.0 Å². The Labute approximate surface area is 275 Å². The van der Waals surface area contributed by atoms with Crippen LogP contribution in [0.4, 0.5) is 5.69 Å². The number of benzene rings is 4. The first-order chi connectivity index (χ1) is 21.6. The van der Waals surface area contributed by atoms with E-state index in [1.807, 2.05) is 37.3 Å². The van der Waals surface area contributed by atoms with Crippen LogP contribution in [0.2, 0.25) is 10.0 Å². The van der Waals surface area contributed by atoms with Crippen LogP contribution in [0.5, 0.6) is 0 Å². The lowest BCUT2D eigenvalue weighted by atomic mass is 10.0. The zero-order valence-electron chi connectivity index (χ0n) is 25.3. The molecule has 4 aromatic carbocycles. The Kier molecular flexibility index (Phi) is 12.0. The van der Waals surface area contributed by atoms with Gasteiger partial charge in [0.2, 0.25) is 11.8 Å². The van der Waals surface area contributed by atoms with E-state index in [4.69, 9.17) is 23.2 Å². The van der Waals surface area contributed by atoms with Crippen molar-refractivity contribution in [1.29, 1.82) is 0 Å². The standard InChI is InChI=1S/C35H37Cl2N3O4S/c1-3-4-21-38-35(42)33(22-27-11-7-5-8-12-27)39(24-28-16-19-29(36)20-17-28)34(41)25-40(32-23-30(37)18-15-26(32)2)45(43,44)31-13-9-6-10-14-31/h5-20,23,33H,3-4,21-22,24-25H2,1-2H3,(H,38,42)/t33-/m1/s1. The average Bonchev–Trinajstić information content (AvgIpc) is 3.04. The number of nitrogens with zero attached hydrogens (tertiary/aromatic N) is 2. The van der Waals surface area contributed by atoms with Crippen LogP contribution in [0.15, 0.2) is 108 Å². The Morgan fingerprint density at radius 1 is 0.822 bits per heavy atom. The van der Waals surface area contributed by atoms with E-state index in [9.17, 15) is 18.0 Å². The lowest BCUT2D eigenvalue weighted by molar-refractivity contribution is -0.140. The van der Waals surface area contributed by atoms with Crippen LogP contribution in [0.25, 0.3) is 0 Å². The van der Waals surface area contributed by atoms with Gasteiger partial charge in [-0.1, -0.05) is 103 Å². The van der Waals surface area contributed by atoms with Gasteiger partial charge in [0.1, 0.15) is 12.6 Å². The van der Waals surface area contributed by atoms with E-state index in [1.165, 1.54) is 23.1 Å². The fourth-order valence-corrected chi connectivity index (χ4v) is 6.71. The number of nitrogens with one attached hydrogen (secondary N) is 1. The Morgan fingerprint density at radius 2 is 1.44 bits per heavy atom. The van der Waals surface area contributed by atoms with Crippen molar-refractivity contribution in [2.45, 2.75) is 50.6 Å². The normalized spacial score (nSPS) is 11.9. The molecule has 0 fully saturated rings. The molecule has 0 unspecified atom stereocenters. The molecule has 4 aromatic rings. The predicted molar refractivity (Wildman–Crippen MR) is 181 cm³/mol. The van der Waals surface area contributed by atoms with Crippen molar-refractivity contribution in [3.05, 3.63) is 130 Å². The molecule has 0 radical (unpaired) electrons. The van der Waals surface area contributed by atoms with Gasteiger partial charge < -0.3 is 10.2 Å². The largest absolute Gasteiger partial charge is 0.354 e. The first-order valence-corrected chi connectivity index (χ1v) is 17.0. The summed E-state index contributed by atoms with van der Waals surface area (Å²) in [4.78, 5) is 29.8. The summed E-state index contributed by atoms with van der Waals surface area (Å²) in [7, 11) is -4.21. The molecule has 1 N–H and O–H groups in total. The quantitative estimate of drug-likeness (QED) is 0.146. The number of amides is 2. The molecule has 7 nitrogen and oxygen atoms in total. The maximum atomic E-state index is 14.5. The molecule has 0 aliphatic heterocycles. The first-order valence-electron chi connectivity index (χ1n) is 14.8. The summed E-state index contributed by atoms with van der Waals surface area (Å²) >= 11 is 12.5. The van der Waals surface area contributed by atoms with Crippen LogP contribution in [0.3, 0.4) is 0 Å². The van der Waals surface area contributed by atoms with Crippen molar-refractivity contribution in [2.24, 2.45) is 0 Å².